The molecular weight excluding hydrogens is 277 g/mol. The summed E-state index contributed by atoms with van der Waals surface area (Å²) in [5.41, 5.74) is 0.335. The first-order valence-corrected chi connectivity index (χ1v) is 6.22. The van der Waals surface area contributed by atoms with Gasteiger partial charge in [-0.3, -0.25) is 4.79 Å². The zero-order valence-corrected chi connectivity index (χ0v) is 11.4. The van der Waals surface area contributed by atoms with Crippen molar-refractivity contribution in [3.63, 3.8) is 0 Å². The molecule has 4 nitrogen and oxygen atoms in total. The van der Waals surface area contributed by atoms with Gasteiger partial charge in [0, 0.05) is 23.2 Å². The van der Waals surface area contributed by atoms with Gasteiger partial charge in [0.25, 0.3) is 5.91 Å². The third-order valence-electron chi connectivity index (χ3n) is 2.39. The summed E-state index contributed by atoms with van der Waals surface area (Å²) in [5.74, 6) is -0.613. The molecule has 0 aliphatic rings. The lowest BCUT2D eigenvalue weighted by molar-refractivity contribution is -0.129. The highest BCUT2D eigenvalue weighted by atomic mass is 35.5. The Kier molecular flexibility index (Phi) is 5.88. The molecule has 1 aromatic rings. The molecule has 0 aliphatic heterocycles. The largest absolute Gasteiger partial charge is 0.396 e. The summed E-state index contributed by atoms with van der Waals surface area (Å²) in [5, 5.41) is 21.9. The third kappa shape index (κ3) is 4.46. The molecule has 0 aromatic heterocycles. The lowest BCUT2D eigenvalue weighted by Crippen LogP contribution is -2.33. The molecule has 0 saturated heterocycles. The van der Waals surface area contributed by atoms with Gasteiger partial charge in [-0.1, -0.05) is 30.1 Å². The van der Waals surface area contributed by atoms with E-state index in [1.165, 1.54) is 18.2 Å². The van der Waals surface area contributed by atoms with Crippen LogP contribution in [0.3, 0.4) is 0 Å². The molecule has 1 aromatic carbocycles. The fraction of sp³-hybridized carbons (Fsp3) is 0.417. The van der Waals surface area contributed by atoms with Crippen molar-refractivity contribution in [2.24, 2.45) is 5.92 Å². The minimum atomic E-state index is -1.33. The van der Waals surface area contributed by atoms with E-state index >= 15 is 0 Å². The van der Waals surface area contributed by atoms with Crippen LogP contribution in [0.15, 0.2) is 18.2 Å². The molecule has 0 fully saturated rings. The Morgan fingerprint density at radius 1 is 1.33 bits per heavy atom. The van der Waals surface area contributed by atoms with Gasteiger partial charge >= 0.3 is 0 Å². The second kappa shape index (κ2) is 6.95. The van der Waals surface area contributed by atoms with Crippen molar-refractivity contribution in [1.29, 1.82) is 0 Å². The van der Waals surface area contributed by atoms with Crippen LogP contribution in [0.4, 0.5) is 0 Å². The van der Waals surface area contributed by atoms with Gasteiger partial charge in [-0.25, -0.2) is 0 Å². The van der Waals surface area contributed by atoms with Gasteiger partial charge in [0.05, 0.1) is 0 Å². The van der Waals surface area contributed by atoms with Crippen LogP contribution < -0.4 is 5.32 Å². The van der Waals surface area contributed by atoms with Gasteiger partial charge in [-0.2, -0.15) is 0 Å². The van der Waals surface area contributed by atoms with Crippen LogP contribution in [-0.4, -0.2) is 29.3 Å². The van der Waals surface area contributed by atoms with Gasteiger partial charge in [0.15, 0.2) is 6.10 Å². The van der Waals surface area contributed by atoms with E-state index in [9.17, 15) is 9.90 Å². The molecule has 0 aliphatic carbocycles. The summed E-state index contributed by atoms with van der Waals surface area (Å²) in [7, 11) is 0. The second-order valence-electron chi connectivity index (χ2n) is 4.14. The van der Waals surface area contributed by atoms with Gasteiger partial charge < -0.3 is 15.5 Å². The van der Waals surface area contributed by atoms with Crippen LogP contribution in [0.1, 0.15) is 18.6 Å². The first-order chi connectivity index (χ1) is 8.43. The van der Waals surface area contributed by atoms with Crippen LogP contribution >= 0.6 is 23.2 Å². The maximum atomic E-state index is 11.7. The van der Waals surface area contributed by atoms with Crippen LogP contribution in [0.2, 0.25) is 10.0 Å². The summed E-state index contributed by atoms with van der Waals surface area (Å²) in [6, 6.07) is 4.48. The maximum absolute atomic E-state index is 11.7. The number of aliphatic hydroxyl groups excluding tert-OH is 2. The zero-order valence-electron chi connectivity index (χ0n) is 9.86. The molecule has 0 saturated carbocycles. The number of aliphatic hydroxyl groups is 2. The lowest BCUT2D eigenvalue weighted by Gasteiger charge is -2.14. The topological polar surface area (TPSA) is 69.6 Å². The number of carbonyl (C=O) groups excluding carboxylic acids is 1. The Balaban J connectivity index is 2.68. The SMILES string of the molecule is CC(CO)CNC(=O)C(O)c1cc(Cl)cc(Cl)c1. The molecule has 6 heteroatoms. The summed E-state index contributed by atoms with van der Waals surface area (Å²) < 4.78 is 0. The van der Waals surface area contributed by atoms with Crippen molar-refractivity contribution in [3.05, 3.63) is 33.8 Å². The van der Waals surface area contributed by atoms with Crippen molar-refractivity contribution >= 4 is 29.1 Å². The van der Waals surface area contributed by atoms with Gasteiger partial charge in [0.2, 0.25) is 0 Å². The molecule has 0 radical (unpaired) electrons. The number of hydrogen-bond acceptors (Lipinski definition) is 3. The predicted molar refractivity (Wildman–Crippen MR) is 70.7 cm³/mol. The average molecular weight is 292 g/mol. The summed E-state index contributed by atoms with van der Waals surface area (Å²) >= 11 is 11.6. The fourth-order valence-electron chi connectivity index (χ4n) is 1.32. The highest BCUT2D eigenvalue weighted by Gasteiger charge is 2.18. The summed E-state index contributed by atoms with van der Waals surface area (Å²) in [4.78, 5) is 11.7. The zero-order chi connectivity index (χ0) is 13.7. The number of amides is 1. The molecule has 1 amide bonds. The van der Waals surface area contributed by atoms with E-state index < -0.39 is 12.0 Å². The molecule has 0 bridgehead atoms. The normalized spacial score (nSPS) is 14.1. The van der Waals surface area contributed by atoms with E-state index in [4.69, 9.17) is 28.3 Å². The number of halogens is 2. The quantitative estimate of drug-likeness (QED) is 0.774. The smallest absolute Gasteiger partial charge is 0.253 e. The molecule has 100 valence electrons. The number of nitrogens with one attached hydrogen (secondary N) is 1. The van der Waals surface area contributed by atoms with Crippen molar-refractivity contribution in [2.45, 2.75) is 13.0 Å². The first-order valence-electron chi connectivity index (χ1n) is 5.46. The van der Waals surface area contributed by atoms with Crippen molar-refractivity contribution < 1.29 is 15.0 Å². The van der Waals surface area contributed by atoms with Crippen LogP contribution in [0.5, 0.6) is 0 Å². The number of hydrogen-bond donors (Lipinski definition) is 3. The van der Waals surface area contributed by atoms with E-state index in [-0.39, 0.29) is 12.5 Å². The van der Waals surface area contributed by atoms with Crippen LogP contribution in [0, 0.1) is 5.92 Å². The maximum Gasteiger partial charge on any atom is 0.253 e. The average Bonchev–Trinajstić information content (AvgIpc) is 2.33. The highest BCUT2D eigenvalue weighted by Crippen LogP contribution is 2.23. The van der Waals surface area contributed by atoms with Gasteiger partial charge in [0.1, 0.15) is 0 Å². The minimum Gasteiger partial charge on any atom is -0.396 e. The van der Waals surface area contributed by atoms with E-state index in [2.05, 4.69) is 5.32 Å². The number of carbonyl (C=O) groups is 1. The van der Waals surface area contributed by atoms with E-state index in [1.54, 1.807) is 6.92 Å². The van der Waals surface area contributed by atoms with Crippen molar-refractivity contribution in [1.82, 2.24) is 5.32 Å². The Morgan fingerprint density at radius 2 is 1.89 bits per heavy atom. The monoisotopic (exact) mass is 291 g/mol. The Bertz CT molecular complexity index is 406. The van der Waals surface area contributed by atoms with Crippen molar-refractivity contribution in [3.8, 4) is 0 Å². The predicted octanol–water partition coefficient (Wildman–Crippen LogP) is 1.77. The Labute approximate surface area is 116 Å². The molecule has 0 heterocycles. The summed E-state index contributed by atoms with van der Waals surface area (Å²) in [6.45, 7) is 2.04. The molecule has 0 spiro atoms. The van der Waals surface area contributed by atoms with Crippen molar-refractivity contribution in [2.75, 3.05) is 13.2 Å². The van der Waals surface area contributed by atoms with Crippen LogP contribution in [-0.2, 0) is 4.79 Å². The second-order valence-corrected chi connectivity index (χ2v) is 5.01. The molecular formula is C12H15Cl2NO3. The van der Waals surface area contributed by atoms with Gasteiger partial charge in [-0.15, -0.1) is 0 Å². The van der Waals surface area contributed by atoms with E-state index in [0.717, 1.165) is 0 Å². The Hall–Kier alpha value is -0.810. The standard InChI is InChI=1S/C12H15Cl2NO3/c1-7(6-16)5-15-12(18)11(17)8-2-9(13)4-10(14)3-8/h2-4,7,11,16-17H,5-6H2,1H3,(H,15,18). The number of rotatable bonds is 5. The third-order valence-corrected chi connectivity index (χ3v) is 2.82. The first kappa shape index (κ1) is 15.2. The van der Waals surface area contributed by atoms with Gasteiger partial charge in [-0.05, 0) is 29.7 Å². The number of benzene rings is 1. The fourth-order valence-corrected chi connectivity index (χ4v) is 1.86. The molecule has 1 rings (SSSR count). The van der Waals surface area contributed by atoms with E-state index in [1.807, 2.05) is 0 Å². The highest BCUT2D eigenvalue weighted by molar-refractivity contribution is 6.34. The minimum absolute atomic E-state index is 0.0284. The lowest BCUT2D eigenvalue weighted by atomic mass is 10.1. The molecule has 18 heavy (non-hydrogen) atoms. The summed E-state index contributed by atoms with van der Waals surface area (Å²) in [6.07, 6.45) is -1.33. The Morgan fingerprint density at radius 3 is 2.39 bits per heavy atom. The van der Waals surface area contributed by atoms with E-state index in [0.29, 0.717) is 22.2 Å². The molecule has 2 unspecified atom stereocenters. The van der Waals surface area contributed by atoms with Crippen LogP contribution in [0.25, 0.3) is 0 Å². The molecule has 2 atom stereocenters. The molecule has 3 N–H and O–H groups in total.